The second-order valence-electron chi connectivity index (χ2n) is 7.03. The molecule has 2 atom stereocenters. The minimum Gasteiger partial charge on any atom is -0.497 e. The van der Waals surface area contributed by atoms with Gasteiger partial charge >= 0.3 is 0 Å². The molecule has 2 aromatic carbocycles. The largest absolute Gasteiger partial charge is 0.497 e. The molecule has 28 heavy (non-hydrogen) atoms. The van der Waals surface area contributed by atoms with Gasteiger partial charge in [-0.05, 0) is 31.0 Å². The van der Waals surface area contributed by atoms with Gasteiger partial charge in [-0.3, -0.25) is 9.59 Å². The summed E-state index contributed by atoms with van der Waals surface area (Å²) in [5.74, 6) is 0.461. The molecule has 0 radical (unpaired) electrons. The molecule has 0 saturated carbocycles. The van der Waals surface area contributed by atoms with Crippen molar-refractivity contribution in [1.82, 2.24) is 5.32 Å². The van der Waals surface area contributed by atoms with E-state index in [1.807, 2.05) is 57.3 Å². The number of likely N-dealkylation sites (N-methyl/N-ethyl adjacent to an activating group) is 1. The number of aryl methyl sites for hydroxylation is 1. The van der Waals surface area contributed by atoms with Gasteiger partial charge in [0.05, 0.1) is 20.2 Å². The van der Waals surface area contributed by atoms with Crippen molar-refractivity contribution >= 4 is 17.5 Å². The molecule has 0 heterocycles. The van der Waals surface area contributed by atoms with Crippen molar-refractivity contribution in [2.75, 3.05) is 32.6 Å². The van der Waals surface area contributed by atoms with Gasteiger partial charge in [0.2, 0.25) is 0 Å². The van der Waals surface area contributed by atoms with E-state index in [0.717, 1.165) is 16.9 Å². The quantitative estimate of drug-likeness (QED) is 0.617. The number of carbonyl (C=O) groups excluding carboxylic acids is 2. The summed E-state index contributed by atoms with van der Waals surface area (Å²) in [4.78, 5) is 25.5. The predicted molar refractivity (Wildman–Crippen MR) is 111 cm³/mol. The number of carbonyl (C=O) groups is 2. The van der Waals surface area contributed by atoms with Crippen LogP contribution in [0.2, 0.25) is 0 Å². The molecule has 2 rings (SSSR count). The fourth-order valence-corrected chi connectivity index (χ4v) is 2.98. The number of benzene rings is 2. The Morgan fingerprint density at radius 1 is 1.07 bits per heavy atom. The first-order valence-corrected chi connectivity index (χ1v) is 9.52. The average Bonchev–Trinajstić information content (AvgIpc) is 2.66. The molecule has 0 spiro atoms. The maximum Gasteiger partial charge on any atom is 0.279 e. The molecule has 0 saturated heterocycles. The topological polar surface area (TPSA) is 71.9 Å². The highest BCUT2D eigenvalue weighted by atomic mass is 16.5. The summed E-state index contributed by atoms with van der Waals surface area (Å²) in [6.45, 7) is 4.51. The van der Waals surface area contributed by atoms with Gasteiger partial charge in [0.25, 0.3) is 11.8 Å². The number of rotatable bonds is 9. The molecular weight excluding hydrogens is 354 g/mol. The van der Waals surface area contributed by atoms with Crippen molar-refractivity contribution in [2.24, 2.45) is 0 Å². The third kappa shape index (κ3) is 6.70. The first-order chi connectivity index (χ1) is 13.4. The number of ether oxygens (including phenoxy) is 1. The normalized spacial score (nSPS) is 12.7. The molecule has 0 fully saturated rings. The van der Waals surface area contributed by atoms with E-state index in [9.17, 15) is 9.59 Å². The van der Waals surface area contributed by atoms with Crippen molar-refractivity contribution in [1.29, 1.82) is 0 Å². The van der Waals surface area contributed by atoms with Crippen LogP contribution >= 0.6 is 0 Å². The van der Waals surface area contributed by atoms with Crippen molar-refractivity contribution in [3.63, 3.8) is 0 Å². The van der Waals surface area contributed by atoms with E-state index in [1.165, 1.54) is 5.56 Å². The smallest absolute Gasteiger partial charge is 0.279 e. The van der Waals surface area contributed by atoms with Crippen LogP contribution in [0.25, 0.3) is 0 Å². The van der Waals surface area contributed by atoms with Crippen molar-refractivity contribution < 1.29 is 19.2 Å². The van der Waals surface area contributed by atoms with E-state index in [1.54, 1.807) is 19.2 Å². The first kappa shape index (κ1) is 21.4. The van der Waals surface area contributed by atoms with Crippen LogP contribution in [0, 0.1) is 6.92 Å². The molecule has 6 nitrogen and oxygen atoms in total. The van der Waals surface area contributed by atoms with Crippen LogP contribution in [0.15, 0.2) is 48.5 Å². The van der Waals surface area contributed by atoms with E-state index >= 15 is 0 Å². The SMILES string of the molecule is CC[C@H](NC(=O)C[NH+](C)CC(=O)Nc1cccc(OC)c1)c1ccc(C)cc1. The Bertz CT molecular complexity index is 790. The van der Waals surface area contributed by atoms with Crippen LogP contribution in [-0.4, -0.2) is 39.1 Å². The molecule has 0 aliphatic carbocycles. The van der Waals surface area contributed by atoms with E-state index in [4.69, 9.17) is 4.74 Å². The third-order valence-electron chi connectivity index (χ3n) is 4.50. The van der Waals surface area contributed by atoms with Crippen LogP contribution in [-0.2, 0) is 9.59 Å². The van der Waals surface area contributed by atoms with Crippen LogP contribution in [0.3, 0.4) is 0 Å². The zero-order valence-electron chi connectivity index (χ0n) is 17.0. The molecule has 6 heteroatoms. The molecule has 2 aromatic rings. The van der Waals surface area contributed by atoms with Crippen molar-refractivity contribution in [2.45, 2.75) is 26.3 Å². The highest BCUT2D eigenvalue weighted by Gasteiger charge is 2.18. The number of hydrogen-bond donors (Lipinski definition) is 3. The number of methoxy groups -OCH3 is 1. The number of hydrogen-bond acceptors (Lipinski definition) is 3. The lowest BCUT2D eigenvalue weighted by Crippen LogP contribution is -3.11. The highest BCUT2D eigenvalue weighted by Crippen LogP contribution is 2.17. The van der Waals surface area contributed by atoms with Gasteiger partial charge in [0, 0.05) is 11.8 Å². The molecule has 150 valence electrons. The Morgan fingerprint density at radius 3 is 2.39 bits per heavy atom. The van der Waals surface area contributed by atoms with E-state index in [2.05, 4.69) is 10.6 Å². The summed E-state index contributed by atoms with van der Waals surface area (Å²) < 4.78 is 5.15. The van der Waals surface area contributed by atoms with E-state index in [-0.39, 0.29) is 30.9 Å². The summed E-state index contributed by atoms with van der Waals surface area (Å²) in [6.07, 6.45) is 0.810. The zero-order valence-corrected chi connectivity index (χ0v) is 17.0. The van der Waals surface area contributed by atoms with Crippen LogP contribution in [0.1, 0.15) is 30.5 Å². The summed E-state index contributed by atoms with van der Waals surface area (Å²) in [5.41, 5.74) is 2.96. The minimum absolute atomic E-state index is 0.0217. The third-order valence-corrected chi connectivity index (χ3v) is 4.50. The van der Waals surface area contributed by atoms with Crippen molar-refractivity contribution in [3.05, 3.63) is 59.7 Å². The molecule has 0 aromatic heterocycles. The maximum atomic E-state index is 12.4. The maximum absolute atomic E-state index is 12.4. The Morgan fingerprint density at radius 2 is 1.75 bits per heavy atom. The van der Waals surface area contributed by atoms with Gasteiger partial charge in [-0.15, -0.1) is 0 Å². The lowest BCUT2D eigenvalue weighted by atomic mass is 10.0. The number of nitrogens with one attached hydrogen (secondary N) is 3. The minimum atomic E-state index is -0.149. The highest BCUT2D eigenvalue weighted by molar-refractivity contribution is 5.91. The van der Waals surface area contributed by atoms with Crippen LogP contribution in [0.5, 0.6) is 5.75 Å². The van der Waals surface area contributed by atoms with Gasteiger partial charge in [0.15, 0.2) is 13.1 Å². The molecular formula is C22H30N3O3+. The summed E-state index contributed by atoms with van der Waals surface area (Å²) in [7, 11) is 3.41. The monoisotopic (exact) mass is 384 g/mol. The van der Waals surface area contributed by atoms with Gasteiger partial charge < -0.3 is 20.3 Å². The molecule has 3 N–H and O–H groups in total. The standard InChI is InChI=1S/C22H29N3O3/c1-5-20(17-11-9-16(2)10-12-17)24-22(27)15-25(3)14-21(26)23-18-7-6-8-19(13-18)28-4/h6-13,20H,5,14-15H2,1-4H3,(H,23,26)(H,24,27)/p+1/t20-/m0/s1. The lowest BCUT2D eigenvalue weighted by Gasteiger charge is -2.19. The van der Waals surface area contributed by atoms with Crippen LogP contribution in [0.4, 0.5) is 5.69 Å². The van der Waals surface area contributed by atoms with E-state index < -0.39 is 0 Å². The van der Waals surface area contributed by atoms with Gasteiger partial charge in [-0.25, -0.2) is 0 Å². The molecule has 1 unspecified atom stereocenters. The molecule has 0 bridgehead atoms. The number of amides is 2. The first-order valence-electron chi connectivity index (χ1n) is 9.52. The predicted octanol–water partition coefficient (Wildman–Crippen LogP) is 1.72. The summed E-state index contributed by atoms with van der Waals surface area (Å²) in [6, 6.07) is 15.3. The zero-order chi connectivity index (χ0) is 20.5. The van der Waals surface area contributed by atoms with Gasteiger partial charge in [-0.1, -0.05) is 42.8 Å². The second kappa shape index (κ2) is 10.5. The Kier molecular flexibility index (Phi) is 8.02. The fourth-order valence-electron chi connectivity index (χ4n) is 2.98. The summed E-state index contributed by atoms with van der Waals surface area (Å²) >= 11 is 0. The Hall–Kier alpha value is -2.86. The lowest BCUT2D eigenvalue weighted by molar-refractivity contribution is -0.862. The summed E-state index contributed by atoms with van der Waals surface area (Å²) in [5, 5.41) is 5.90. The number of anilines is 1. The Balaban J connectivity index is 1.83. The molecule has 0 aliphatic rings. The van der Waals surface area contributed by atoms with Crippen LogP contribution < -0.4 is 20.3 Å². The van der Waals surface area contributed by atoms with E-state index in [0.29, 0.717) is 11.4 Å². The number of quaternary nitrogens is 1. The molecule has 2 amide bonds. The fraction of sp³-hybridized carbons (Fsp3) is 0.364. The molecule has 0 aliphatic heterocycles. The second-order valence-corrected chi connectivity index (χ2v) is 7.03. The average molecular weight is 385 g/mol. The van der Waals surface area contributed by atoms with Gasteiger partial charge in [0.1, 0.15) is 5.75 Å². The van der Waals surface area contributed by atoms with Crippen molar-refractivity contribution in [3.8, 4) is 5.75 Å². The van der Waals surface area contributed by atoms with Gasteiger partial charge in [-0.2, -0.15) is 0 Å². The Labute approximate surface area is 166 Å².